The van der Waals surface area contributed by atoms with E-state index in [-0.39, 0.29) is 17.5 Å². The Morgan fingerprint density at radius 1 is 1.15 bits per heavy atom. The van der Waals surface area contributed by atoms with E-state index in [1.807, 2.05) is 0 Å². The second kappa shape index (κ2) is 9.50. The molecule has 0 saturated carbocycles. The van der Waals surface area contributed by atoms with Gasteiger partial charge in [-0.3, -0.25) is 4.79 Å². The summed E-state index contributed by atoms with van der Waals surface area (Å²) < 4.78 is 40.2. The highest BCUT2D eigenvalue weighted by molar-refractivity contribution is 6.32. The summed E-state index contributed by atoms with van der Waals surface area (Å²) in [4.78, 5) is 23.4. The highest BCUT2D eigenvalue weighted by Gasteiger charge is 2.30. The van der Waals surface area contributed by atoms with Crippen molar-refractivity contribution >= 4 is 29.7 Å². The number of aromatic nitrogens is 1. The molecular formula is C23H19ClF3N3O3. The molecule has 2 N–H and O–H groups in total. The number of hydrogen-bond donors (Lipinski definition) is 2. The minimum atomic E-state index is -4.49. The number of hydrazone groups is 1. The van der Waals surface area contributed by atoms with Gasteiger partial charge in [0.05, 0.1) is 34.5 Å². The molecular weight excluding hydrogens is 459 g/mol. The van der Waals surface area contributed by atoms with Crippen LogP contribution in [-0.4, -0.2) is 27.8 Å². The number of aromatic carboxylic acids is 1. The fourth-order valence-corrected chi connectivity index (χ4v) is 3.56. The predicted octanol–water partition coefficient (Wildman–Crippen LogP) is 5.16. The van der Waals surface area contributed by atoms with Crippen molar-refractivity contribution in [2.75, 3.05) is 0 Å². The van der Waals surface area contributed by atoms with Crippen molar-refractivity contribution in [3.05, 3.63) is 87.2 Å². The average molecular weight is 478 g/mol. The molecule has 10 heteroatoms. The van der Waals surface area contributed by atoms with Crippen molar-refractivity contribution in [1.82, 2.24) is 9.99 Å². The highest BCUT2D eigenvalue weighted by atomic mass is 35.5. The summed E-state index contributed by atoms with van der Waals surface area (Å²) in [5.41, 5.74) is 4.36. The number of nitrogens with zero attached hydrogens (tertiary/aromatic N) is 2. The van der Waals surface area contributed by atoms with Gasteiger partial charge in [0.1, 0.15) is 0 Å². The number of rotatable bonds is 6. The molecule has 0 aliphatic heterocycles. The van der Waals surface area contributed by atoms with E-state index in [2.05, 4.69) is 10.5 Å². The minimum Gasteiger partial charge on any atom is -0.478 e. The van der Waals surface area contributed by atoms with E-state index in [9.17, 15) is 27.9 Å². The normalized spacial score (nSPS) is 11.7. The lowest BCUT2D eigenvalue weighted by molar-refractivity contribution is -0.137. The van der Waals surface area contributed by atoms with E-state index >= 15 is 0 Å². The molecule has 6 nitrogen and oxygen atoms in total. The first-order valence-electron chi connectivity index (χ1n) is 9.67. The zero-order valence-electron chi connectivity index (χ0n) is 17.6. The van der Waals surface area contributed by atoms with E-state index in [1.165, 1.54) is 36.5 Å². The molecule has 3 rings (SSSR count). The molecule has 2 aromatic carbocycles. The van der Waals surface area contributed by atoms with Gasteiger partial charge in [0.2, 0.25) is 5.91 Å². The summed E-state index contributed by atoms with van der Waals surface area (Å²) in [5, 5.41) is 13.5. The molecule has 0 spiro atoms. The number of nitrogens with one attached hydrogen (secondary N) is 1. The van der Waals surface area contributed by atoms with Crippen LogP contribution in [0.1, 0.15) is 38.4 Å². The van der Waals surface area contributed by atoms with Gasteiger partial charge in [-0.25, -0.2) is 10.2 Å². The van der Waals surface area contributed by atoms with E-state index < -0.39 is 23.6 Å². The van der Waals surface area contributed by atoms with E-state index in [4.69, 9.17) is 11.6 Å². The third-order valence-electron chi connectivity index (χ3n) is 4.92. The van der Waals surface area contributed by atoms with Gasteiger partial charge in [0.15, 0.2) is 0 Å². The van der Waals surface area contributed by atoms with Gasteiger partial charge in [0, 0.05) is 17.0 Å². The van der Waals surface area contributed by atoms with Gasteiger partial charge in [-0.15, -0.1) is 0 Å². The molecule has 1 aromatic heterocycles. The zero-order chi connectivity index (χ0) is 24.3. The Morgan fingerprint density at radius 3 is 2.55 bits per heavy atom. The molecule has 172 valence electrons. The second-order valence-electron chi connectivity index (χ2n) is 7.30. The monoisotopic (exact) mass is 477 g/mol. The van der Waals surface area contributed by atoms with Crippen LogP contribution in [0, 0.1) is 13.8 Å². The van der Waals surface area contributed by atoms with Crippen LogP contribution in [0.15, 0.2) is 53.6 Å². The number of halogens is 4. The van der Waals surface area contributed by atoms with Crippen molar-refractivity contribution < 1.29 is 27.9 Å². The van der Waals surface area contributed by atoms with Crippen LogP contribution in [0.3, 0.4) is 0 Å². The number of hydrogen-bond acceptors (Lipinski definition) is 3. The number of carbonyl (C=O) groups excluding carboxylic acids is 1. The molecule has 0 atom stereocenters. The molecule has 1 heterocycles. The molecule has 33 heavy (non-hydrogen) atoms. The van der Waals surface area contributed by atoms with Crippen LogP contribution in [0.4, 0.5) is 13.2 Å². The maximum atomic E-state index is 12.8. The first-order valence-corrected chi connectivity index (χ1v) is 10.1. The third kappa shape index (κ3) is 5.61. The lowest BCUT2D eigenvalue weighted by Gasteiger charge is -2.12. The van der Waals surface area contributed by atoms with Crippen LogP contribution < -0.4 is 5.43 Å². The predicted molar refractivity (Wildman–Crippen MR) is 118 cm³/mol. The smallest absolute Gasteiger partial charge is 0.416 e. The lowest BCUT2D eigenvalue weighted by Crippen LogP contribution is -2.20. The number of amides is 1. The summed E-state index contributed by atoms with van der Waals surface area (Å²) in [5.74, 6) is -1.66. The van der Waals surface area contributed by atoms with Gasteiger partial charge < -0.3 is 9.67 Å². The number of alkyl halides is 3. The van der Waals surface area contributed by atoms with E-state index in [1.54, 1.807) is 24.5 Å². The fourth-order valence-electron chi connectivity index (χ4n) is 3.36. The topological polar surface area (TPSA) is 83.7 Å². The van der Waals surface area contributed by atoms with Crippen molar-refractivity contribution in [3.63, 3.8) is 0 Å². The number of aryl methyl sites for hydroxylation is 1. The Labute approximate surface area is 192 Å². The number of carboxylic acids is 1. The van der Waals surface area contributed by atoms with Gasteiger partial charge >= 0.3 is 12.1 Å². The summed E-state index contributed by atoms with van der Waals surface area (Å²) in [7, 11) is 0. The van der Waals surface area contributed by atoms with Crippen molar-refractivity contribution in [2.24, 2.45) is 5.10 Å². The van der Waals surface area contributed by atoms with Crippen LogP contribution in [0.25, 0.3) is 5.69 Å². The number of carboxylic acid groups (broad SMARTS) is 1. The zero-order valence-corrected chi connectivity index (χ0v) is 18.3. The second-order valence-corrected chi connectivity index (χ2v) is 7.71. The maximum Gasteiger partial charge on any atom is 0.416 e. The van der Waals surface area contributed by atoms with E-state index in [0.29, 0.717) is 22.0 Å². The largest absolute Gasteiger partial charge is 0.478 e. The highest BCUT2D eigenvalue weighted by Crippen LogP contribution is 2.30. The SMILES string of the molecule is Cc1cc(/C=N/NC(=O)Cc2cccc(C(F)(F)F)c2)c(C)n1-c1cc(C(=O)O)ccc1Cl. The molecule has 0 radical (unpaired) electrons. The Balaban J connectivity index is 1.75. The van der Waals surface area contributed by atoms with Crippen LogP contribution in [0.5, 0.6) is 0 Å². The number of benzene rings is 2. The molecule has 0 saturated heterocycles. The van der Waals surface area contributed by atoms with Gasteiger partial charge in [0.25, 0.3) is 0 Å². The standard InChI is InChI=1S/C23H19ClF3N3O3/c1-13-8-17(14(2)30(13)20-11-16(22(32)33)6-7-19(20)24)12-28-29-21(31)10-15-4-3-5-18(9-15)23(25,26)27/h3-9,11-12H,10H2,1-2H3,(H,29,31)(H,32,33)/b28-12+. The van der Waals surface area contributed by atoms with Crippen LogP contribution in [0.2, 0.25) is 5.02 Å². The first kappa shape index (κ1) is 24.1. The van der Waals surface area contributed by atoms with E-state index in [0.717, 1.165) is 17.8 Å². The van der Waals surface area contributed by atoms with Crippen LogP contribution >= 0.6 is 11.6 Å². The molecule has 0 aliphatic rings. The third-order valence-corrected chi connectivity index (χ3v) is 5.24. The van der Waals surface area contributed by atoms with Crippen molar-refractivity contribution in [2.45, 2.75) is 26.4 Å². The summed E-state index contributed by atoms with van der Waals surface area (Å²) >= 11 is 6.28. The maximum absolute atomic E-state index is 12.8. The minimum absolute atomic E-state index is 0.0824. The quantitative estimate of drug-likeness (QED) is 0.380. The number of carbonyl (C=O) groups is 2. The molecule has 0 unspecified atom stereocenters. The van der Waals surface area contributed by atoms with Gasteiger partial charge in [-0.1, -0.05) is 29.8 Å². The van der Waals surface area contributed by atoms with Crippen molar-refractivity contribution in [3.8, 4) is 5.69 Å². The van der Waals surface area contributed by atoms with Gasteiger partial charge in [-0.2, -0.15) is 18.3 Å². The molecule has 0 bridgehead atoms. The first-order chi connectivity index (χ1) is 15.5. The summed E-state index contributed by atoms with van der Waals surface area (Å²) in [6.45, 7) is 3.59. The Morgan fingerprint density at radius 2 is 1.88 bits per heavy atom. The Hall–Kier alpha value is -3.59. The molecule has 0 fully saturated rings. The Bertz CT molecular complexity index is 1250. The Kier molecular flexibility index (Phi) is 6.92. The average Bonchev–Trinajstić information content (AvgIpc) is 3.01. The van der Waals surface area contributed by atoms with Crippen LogP contribution in [-0.2, 0) is 17.4 Å². The summed E-state index contributed by atoms with van der Waals surface area (Å²) in [6, 6.07) is 10.7. The summed E-state index contributed by atoms with van der Waals surface area (Å²) in [6.07, 6.45) is -3.35. The fraction of sp³-hybridized carbons (Fsp3) is 0.174. The van der Waals surface area contributed by atoms with Gasteiger partial charge in [-0.05, 0) is 49.7 Å². The molecule has 0 aliphatic carbocycles. The molecule has 3 aromatic rings. The molecule has 1 amide bonds. The lowest BCUT2D eigenvalue weighted by atomic mass is 10.1. The van der Waals surface area contributed by atoms with Crippen molar-refractivity contribution in [1.29, 1.82) is 0 Å².